The molecule has 5 heteroatoms. The quantitative estimate of drug-likeness (QED) is 0.621. The van der Waals surface area contributed by atoms with Gasteiger partial charge in [0, 0.05) is 55.6 Å². The molecule has 0 saturated carbocycles. The lowest BCUT2D eigenvalue weighted by Gasteiger charge is -2.36. The van der Waals surface area contributed by atoms with E-state index in [9.17, 15) is 4.79 Å². The molecule has 1 saturated heterocycles. The highest BCUT2D eigenvalue weighted by atomic mass is 32.2. The molecule has 0 amide bonds. The van der Waals surface area contributed by atoms with E-state index in [1.54, 1.807) is 24.9 Å². The fourth-order valence-electron chi connectivity index (χ4n) is 4.00. The average Bonchev–Trinajstić information content (AvgIpc) is 2.75. The molecular weight excluding hydrogens is 370 g/mol. The first-order chi connectivity index (χ1) is 13.7. The van der Waals surface area contributed by atoms with Crippen molar-refractivity contribution in [1.82, 2.24) is 4.57 Å². The van der Waals surface area contributed by atoms with Crippen LogP contribution < -0.4 is 5.56 Å². The molecule has 0 spiro atoms. The molecule has 0 bridgehead atoms. The van der Waals surface area contributed by atoms with Crippen LogP contribution in [0.15, 0.2) is 69.2 Å². The second kappa shape index (κ2) is 8.11. The minimum absolute atomic E-state index is 0.0392. The third-order valence-corrected chi connectivity index (χ3v) is 6.61. The third kappa shape index (κ3) is 3.50. The van der Waals surface area contributed by atoms with Crippen LogP contribution in [0.1, 0.15) is 25.3 Å². The van der Waals surface area contributed by atoms with E-state index in [-0.39, 0.29) is 11.2 Å². The van der Waals surface area contributed by atoms with E-state index in [0.717, 1.165) is 46.7 Å². The van der Waals surface area contributed by atoms with Crippen molar-refractivity contribution in [3.05, 3.63) is 70.5 Å². The van der Waals surface area contributed by atoms with Crippen LogP contribution in [0.5, 0.6) is 0 Å². The summed E-state index contributed by atoms with van der Waals surface area (Å²) in [6.07, 6.45) is 1.72. The summed E-state index contributed by atoms with van der Waals surface area (Å²) in [5.41, 5.74) is 1.95. The van der Waals surface area contributed by atoms with Gasteiger partial charge in [0.1, 0.15) is 0 Å². The van der Waals surface area contributed by atoms with Crippen molar-refractivity contribution >= 4 is 22.7 Å². The van der Waals surface area contributed by atoms with Crippen LogP contribution in [0.3, 0.4) is 0 Å². The highest BCUT2D eigenvalue weighted by Gasteiger charge is 2.34. The van der Waals surface area contributed by atoms with Crippen molar-refractivity contribution < 1.29 is 9.47 Å². The fourth-order valence-corrected chi connectivity index (χ4v) is 5.06. The van der Waals surface area contributed by atoms with E-state index in [0.29, 0.717) is 6.54 Å². The van der Waals surface area contributed by atoms with Crippen LogP contribution in [-0.4, -0.2) is 24.9 Å². The van der Waals surface area contributed by atoms with Crippen LogP contribution in [0.4, 0.5) is 0 Å². The number of hydrogen-bond acceptors (Lipinski definition) is 4. The standard InChI is InChI=1S/C23H25NO3S/c1-3-24-21(25)11-10-17-6-4-9-20(22(17)24)28-19-8-5-7-18(16-19)23(26-2)12-14-27-15-13-23/h4-11,16H,3,12-15H2,1-2H3. The number of methoxy groups -OCH3 is 1. The Bertz CT molecular complexity index is 1040. The maximum atomic E-state index is 12.3. The Labute approximate surface area is 169 Å². The molecule has 1 aliphatic rings. The normalized spacial score (nSPS) is 16.4. The van der Waals surface area contributed by atoms with Crippen molar-refractivity contribution in [3.63, 3.8) is 0 Å². The summed E-state index contributed by atoms with van der Waals surface area (Å²) in [6.45, 7) is 4.10. The second-order valence-electron chi connectivity index (χ2n) is 7.05. The van der Waals surface area contributed by atoms with Crippen molar-refractivity contribution in [1.29, 1.82) is 0 Å². The predicted molar refractivity (Wildman–Crippen MR) is 113 cm³/mol. The zero-order valence-corrected chi connectivity index (χ0v) is 17.1. The Hall–Kier alpha value is -2.08. The Kier molecular flexibility index (Phi) is 5.58. The first-order valence-corrected chi connectivity index (χ1v) is 10.5. The summed E-state index contributed by atoms with van der Waals surface area (Å²) in [4.78, 5) is 14.6. The number of nitrogens with zero attached hydrogens (tertiary/aromatic N) is 1. The van der Waals surface area contributed by atoms with Gasteiger partial charge in [0.2, 0.25) is 0 Å². The Morgan fingerprint density at radius 1 is 1.11 bits per heavy atom. The molecule has 0 N–H and O–H groups in total. The molecule has 3 aromatic rings. The summed E-state index contributed by atoms with van der Waals surface area (Å²) in [5, 5.41) is 1.08. The van der Waals surface area contributed by atoms with Gasteiger partial charge in [-0.2, -0.15) is 0 Å². The molecule has 1 fully saturated rings. The van der Waals surface area contributed by atoms with Crippen LogP contribution in [-0.2, 0) is 21.6 Å². The molecule has 4 nitrogen and oxygen atoms in total. The number of hydrogen-bond donors (Lipinski definition) is 0. The first-order valence-electron chi connectivity index (χ1n) is 9.71. The molecule has 0 unspecified atom stereocenters. The smallest absolute Gasteiger partial charge is 0.251 e. The SMILES string of the molecule is CCn1c(=O)ccc2cccc(Sc3cccc(C4(OC)CCOCC4)c3)c21. The minimum atomic E-state index is -0.279. The number of benzene rings is 2. The zero-order valence-electron chi connectivity index (χ0n) is 16.3. The predicted octanol–water partition coefficient (Wildman–Crippen LogP) is 4.82. The largest absolute Gasteiger partial charge is 0.381 e. The highest BCUT2D eigenvalue weighted by Crippen LogP contribution is 2.39. The molecule has 0 aliphatic carbocycles. The number of ether oxygens (including phenoxy) is 2. The van der Waals surface area contributed by atoms with Gasteiger partial charge in [-0.15, -0.1) is 0 Å². The Morgan fingerprint density at radius 3 is 2.64 bits per heavy atom. The molecule has 146 valence electrons. The Balaban J connectivity index is 1.75. The van der Waals surface area contributed by atoms with Gasteiger partial charge in [0.15, 0.2) is 0 Å². The molecule has 2 aromatic carbocycles. The first kappa shape index (κ1) is 19.2. The monoisotopic (exact) mass is 395 g/mol. The van der Waals surface area contributed by atoms with E-state index in [1.165, 1.54) is 5.56 Å². The average molecular weight is 396 g/mol. The summed E-state index contributed by atoms with van der Waals surface area (Å²) in [6, 6.07) is 18.3. The van der Waals surface area contributed by atoms with Gasteiger partial charge in [-0.05, 0) is 42.1 Å². The number of pyridine rings is 1. The van der Waals surface area contributed by atoms with Crippen LogP contribution in [0.2, 0.25) is 0 Å². The van der Waals surface area contributed by atoms with Crippen molar-refractivity contribution in [2.24, 2.45) is 0 Å². The number of aromatic nitrogens is 1. The number of rotatable bonds is 5. The van der Waals surface area contributed by atoms with Gasteiger partial charge in [-0.3, -0.25) is 4.79 Å². The van der Waals surface area contributed by atoms with Gasteiger partial charge in [-0.1, -0.05) is 36.0 Å². The van der Waals surface area contributed by atoms with Gasteiger partial charge in [-0.25, -0.2) is 0 Å². The van der Waals surface area contributed by atoms with Crippen molar-refractivity contribution in [2.75, 3.05) is 20.3 Å². The number of aryl methyl sites for hydroxylation is 1. The summed E-state index contributed by atoms with van der Waals surface area (Å²) in [7, 11) is 1.79. The summed E-state index contributed by atoms with van der Waals surface area (Å²) >= 11 is 1.70. The molecule has 2 heterocycles. The van der Waals surface area contributed by atoms with Crippen molar-refractivity contribution in [3.8, 4) is 0 Å². The van der Waals surface area contributed by atoms with Gasteiger partial charge < -0.3 is 14.0 Å². The van der Waals surface area contributed by atoms with Crippen molar-refractivity contribution in [2.45, 2.75) is 41.7 Å². The molecule has 0 radical (unpaired) electrons. The summed E-state index contributed by atoms with van der Waals surface area (Å²) < 4.78 is 13.3. The van der Waals surface area contributed by atoms with Crippen LogP contribution >= 0.6 is 11.8 Å². The zero-order chi connectivity index (χ0) is 19.6. The third-order valence-electron chi connectivity index (χ3n) is 5.57. The molecule has 28 heavy (non-hydrogen) atoms. The molecular formula is C23H25NO3S. The second-order valence-corrected chi connectivity index (χ2v) is 8.17. The lowest BCUT2D eigenvalue weighted by molar-refractivity contribution is -0.0948. The number of fused-ring (bicyclic) bond motifs is 1. The van der Waals surface area contributed by atoms with Crippen LogP contribution in [0, 0.1) is 0 Å². The molecule has 1 aromatic heterocycles. The maximum Gasteiger partial charge on any atom is 0.251 e. The maximum absolute atomic E-state index is 12.3. The van der Waals surface area contributed by atoms with Gasteiger partial charge in [0.05, 0.1) is 11.1 Å². The van der Waals surface area contributed by atoms with Gasteiger partial charge >= 0.3 is 0 Å². The van der Waals surface area contributed by atoms with Crippen LogP contribution in [0.25, 0.3) is 10.9 Å². The topological polar surface area (TPSA) is 40.5 Å². The van der Waals surface area contributed by atoms with E-state index >= 15 is 0 Å². The fraction of sp³-hybridized carbons (Fsp3) is 0.348. The molecule has 1 aliphatic heterocycles. The molecule has 0 atom stereocenters. The lowest BCUT2D eigenvalue weighted by atomic mass is 9.86. The van der Waals surface area contributed by atoms with E-state index < -0.39 is 0 Å². The number of para-hydroxylation sites is 1. The lowest BCUT2D eigenvalue weighted by Crippen LogP contribution is -2.35. The van der Waals surface area contributed by atoms with E-state index in [1.807, 2.05) is 23.6 Å². The van der Waals surface area contributed by atoms with Gasteiger partial charge in [0.25, 0.3) is 5.56 Å². The minimum Gasteiger partial charge on any atom is -0.381 e. The Morgan fingerprint density at radius 2 is 1.89 bits per heavy atom. The molecule has 4 rings (SSSR count). The van der Waals surface area contributed by atoms with E-state index in [2.05, 4.69) is 36.4 Å². The highest BCUT2D eigenvalue weighted by molar-refractivity contribution is 7.99. The summed E-state index contributed by atoms with van der Waals surface area (Å²) in [5.74, 6) is 0. The van der Waals surface area contributed by atoms with E-state index in [4.69, 9.17) is 9.47 Å².